The van der Waals surface area contributed by atoms with Gasteiger partial charge >= 0.3 is 0 Å². The summed E-state index contributed by atoms with van der Waals surface area (Å²) in [5, 5.41) is 3.52. The standard InChI is InChI=1S/C18H27N/c1-19-18(16-8-5-9-16)17-12-10-15(11-13-17)14-6-3-2-4-7-14/h10-14,16,18-19H,2-9H2,1H3. The van der Waals surface area contributed by atoms with Crippen molar-refractivity contribution in [1.29, 1.82) is 0 Å². The van der Waals surface area contributed by atoms with E-state index < -0.39 is 0 Å². The van der Waals surface area contributed by atoms with Crippen LogP contribution in [0.4, 0.5) is 0 Å². The fourth-order valence-corrected chi connectivity index (χ4v) is 3.86. The summed E-state index contributed by atoms with van der Waals surface area (Å²) < 4.78 is 0. The van der Waals surface area contributed by atoms with E-state index in [9.17, 15) is 0 Å². The summed E-state index contributed by atoms with van der Waals surface area (Å²) >= 11 is 0. The predicted octanol–water partition coefficient (Wildman–Crippen LogP) is 4.79. The molecule has 0 aromatic heterocycles. The molecule has 0 aliphatic heterocycles. The number of hydrogen-bond acceptors (Lipinski definition) is 1. The quantitative estimate of drug-likeness (QED) is 0.817. The fourth-order valence-electron chi connectivity index (χ4n) is 3.86. The van der Waals surface area contributed by atoms with Crippen molar-refractivity contribution in [2.24, 2.45) is 5.92 Å². The van der Waals surface area contributed by atoms with Crippen molar-refractivity contribution >= 4 is 0 Å². The molecule has 2 aliphatic carbocycles. The smallest absolute Gasteiger partial charge is 0.0346 e. The molecule has 2 aliphatic rings. The van der Waals surface area contributed by atoms with Gasteiger partial charge in [0.05, 0.1) is 0 Å². The Morgan fingerprint density at radius 2 is 1.58 bits per heavy atom. The highest BCUT2D eigenvalue weighted by atomic mass is 14.9. The fraction of sp³-hybridized carbons (Fsp3) is 0.667. The van der Waals surface area contributed by atoms with Crippen molar-refractivity contribution in [1.82, 2.24) is 5.32 Å². The van der Waals surface area contributed by atoms with Crippen LogP contribution in [0.25, 0.3) is 0 Å². The third-order valence-electron chi connectivity index (χ3n) is 5.30. The SMILES string of the molecule is CNC(c1ccc(C2CCCCC2)cc1)C1CCC1. The van der Waals surface area contributed by atoms with Gasteiger partial charge in [-0.1, -0.05) is 49.9 Å². The Morgan fingerprint density at radius 1 is 0.895 bits per heavy atom. The molecule has 0 saturated heterocycles. The zero-order valence-corrected chi connectivity index (χ0v) is 12.2. The lowest BCUT2D eigenvalue weighted by molar-refractivity contribution is 0.239. The topological polar surface area (TPSA) is 12.0 Å². The molecule has 2 saturated carbocycles. The minimum atomic E-state index is 0.578. The highest BCUT2D eigenvalue weighted by molar-refractivity contribution is 5.28. The molecule has 104 valence electrons. The van der Waals surface area contributed by atoms with Gasteiger partial charge < -0.3 is 5.32 Å². The summed E-state index contributed by atoms with van der Waals surface area (Å²) in [6.45, 7) is 0. The van der Waals surface area contributed by atoms with Crippen LogP contribution in [-0.2, 0) is 0 Å². The van der Waals surface area contributed by atoms with Gasteiger partial charge in [-0.25, -0.2) is 0 Å². The third-order valence-corrected chi connectivity index (χ3v) is 5.30. The van der Waals surface area contributed by atoms with Gasteiger partial charge in [0.25, 0.3) is 0 Å². The predicted molar refractivity (Wildman–Crippen MR) is 81.4 cm³/mol. The zero-order valence-electron chi connectivity index (χ0n) is 12.2. The van der Waals surface area contributed by atoms with E-state index in [-0.39, 0.29) is 0 Å². The molecular formula is C18H27N. The largest absolute Gasteiger partial charge is 0.313 e. The maximum absolute atomic E-state index is 3.52. The summed E-state index contributed by atoms with van der Waals surface area (Å²) in [4.78, 5) is 0. The number of rotatable bonds is 4. The maximum atomic E-state index is 3.52. The molecule has 0 amide bonds. The summed E-state index contributed by atoms with van der Waals surface area (Å²) in [5.41, 5.74) is 3.07. The van der Waals surface area contributed by atoms with Gasteiger partial charge in [0, 0.05) is 6.04 Å². The molecule has 1 aromatic rings. The van der Waals surface area contributed by atoms with E-state index in [0.29, 0.717) is 6.04 Å². The number of benzene rings is 1. The highest BCUT2D eigenvalue weighted by Crippen LogP contribution is 2.38. The van der Waals surface area contributed by atoms with Crippen molar-refractivity contribution in [2.75, 3.05) is 7.05 Å². The second-order valence-corrected chi connectivity index (χ2v) is 6.46. The zero-order chi connectivity index (χ0) is 13.1. The molecule has 1 unspecified atom stereocenters. The van der Waals surface area contributed by atoms with Gasteiger partial charge in [-0.15, -0.1) is 0 Å². The Labute approximate surface area is 117 Å². The lowest BCUT2D eigenvalue weighted by atomic mass is 9.76. The number of nitrogens with one attached hydrogen (secondary N) is 1. The van der Waals surface area contributed by atoms with Crippen LogP contribution >= 0.6 is 0 Å². The second-order valence-electron chi connectivity index (χ2n) is 6.46. The first-order valence-corrected chi connectivity index (χ1v) is 8.15. The molecule has 1 heteroatoms. The van der Waals surface area contributed by atoms with Crippen molar-refractivity contribution in [2.45, 2.75) is 63.3 Å². The van der Waals surface area contributed by atoms with Gasteiger partial charge in [-0.05, 0) is 55.7 Å². The second kappa shape index (κ2) is 6.09. The van der Waals surface area contributed by atoms with E-state index in [2.05, 4.69) is 36.6 Å². The maximum Gasteiger partial charge on any atom is 0.0346 e. The summed E-state index contributed by atoms with van der Waals surface area (Å²) in [6, 6.07) is 10.1. The minimum absolute atomic E-state index is 0.578. The van der Waals surface area contributed by atoms with Gasteiger partial charge in [0.1, 0.15) is 0 Å². The summed E-state index contributed by atoms with van der Waals surface area (Å²) in [5.74, 6) is 1.70. The van der Waals surface area contributed by atoms with Crippen LogP contribution in [0.2, 0.25) is 0 Å². The first kappa shape index (κ1) is 13.2. The molecule has 3 rings (SSSR count). The normalized spacial score (nSPS) is 23.0. The van der Waals surface area contributed by atoms with Gasteiger partial charge in [-0.2, -0.15) is 0 Å². The van der Waals surface area contributed by atoms with E-state index in [0.717, 1.165) is 11.8 Å². The Morgan fingerprint density at radius 3 is 2.11 bits per heavy atom. The van der Waals surface area contributed by atoms with Crippen LogP contribution in [-0.4, -0.2) is 7.05 Å². The molecule has 1 nitrogen and oxygen atoms in total. The molecule has 0 bridgehead atoms. The summed E-state index contributed by atoms with van der Waals surface area (Å²) in [6.07, 6.45) is 11.3. The van der Waals surface area contributed by atoms with Crippen molar-refractivity contribution in [3.8, 4) is 0 Å². The van der Waals surface area contributed by atoms with Crippen LogP contribution in [0.5, 0.6) is 0 Å². The minimum Gasteiger partial charge on any atom is -0.313 e. The van der Waals surface area contributed by atoms with Crippen molar-refractivity contribution in [3.05, 3.63) is 35.4 Å². The van der Waals surface area contributed by atoms with Crippen LogP contribution in [0.15, 0.2) is 24.3 Å². The van der Waals surface area contributed by atoms with Crippen LogP contribution in [0.1, 0.15) is 74.5 Å². The molecule has 0 heterocycles. The average molecular weight is 257 g/mol. The van der Waals surface area contributed by atoms with E-state index >= 15 is 0 Å². The molecule has 1 N–H and O–H groups in total. The average Bonchev–Trinajstić information content (AvgIpc) is 2.44. The van der Waals surface area contributed by atoms with E-state index in [1.165, 1.54) is 56.9 Å². The Kier molecular flexibility index (Phi) is 4.22. The lowest BCUT2D eigenvalue weighted by Gasteiger charge is -2.34. The summed E-state index contributed by atoms with van der Waals surface area (Å²) in [7, 11) is 2.11. The monoisotopic (exact) mass is 257 g/mol. The lowest BCUT2D eigenvalue weighted by Crippen LogP contribution is -2.29. The van der Waals surface area contributed by atoms with Crippen LogP contribution < -0.4 is 5.32 Å². The molecule has 2 fully saturated rings. The first-order valence-electron chi connectivity index (χ1n) is 8.15. The first-order chi connectivity index (χ1) is 9.38. The molecule has 1 aromatic carbocycles. The van der Waals surface area contributed by atoms with E-state index in [1.54, 1.807) is 5.56 Å². The van der Waals surface area contributed by atoms with Gasteiger partial charge in [-0.3, -0.25) is 0 Å². The molecule has 0 spiro atoms. The van der Waals surface area contributed by atoms with Gasteiger partial charge in [0.2, 0.25) is 0 Å². The molecule has 19 heavy (non-hydrogen) atoms. The number of hydrogen-bond donors (Lipinski definition) is 1. The van der Waals surface area contributed by atoms with Gasteiger partial charge in [0.15, 0.2) is 0 Å². The molecular weight excluding hydrogens is 230 g/mol. The van der Waals surface area contributed by atoms with E-state index in [4.69, 9.17) is 0 Å². The Bertz CT molecular complexity index is 385. The van der Waals surface area contributed by atoms with E-state index in [1.807, 2.05) is 0 Å². The third kappa shape index (κ3) is 2.86. The van der Waals surface area contributed by atoms with Crippen LogP contribution in [0, 0.1) is 5.92 Å². The van der Waals surface area contributed by atoms with Crippen molar-refractivity contribution in [3.63, 3.8) is 0 Å². The molecule has 0 radical (unpaired) electrons. The Balaban J connectivity index is 1.70. The Hall–Kier alpha value is -0.820. The highest BCUT2D eigenvalue weighted by Gasteiger charge is 2.27. The molecule has 1 atom stereocenters. The van der Waals surface area contributed by atoms with Crippen molar-refractivity contribution < 1.29 is 0 Å². The van der Waals surface area contributed by atoms with Crippen LogP contribution in [0.3, 0.4) is 0 Å².